The van der Waals surface area contributed by atoms with Crippen molar-refractivity contribution in [2.24, 2.45) is 5.92 Å². The summed E-state index contributed by atoms with van der Waals surface area (Å²) in [5.74, 6) is 1.14. The molecule has 0 unspecified atom stereocenters. The molecule has 0 aliphatic carbocycles. The van der Waals surface area contributed by atoms with Crippen molar-refractivity contribution < 1.29 is 9.53 Å². The maximum Gasteiger partial charge on any atom is 0.276 e. The molecule has 3 N–H and O–H groups in total. The van der Waals surface area contributed by atoms with E-state index in [0.29, 0.717) is 17.4 Å². The molecule has 8 heteroatoms. The second-order valence-corrected chi connectivity index (χ2v) is 7.46. The fourth-order valence-corrected chi connectivity index (χ4v) is 3.31. The van der Waals surface area contributed by atoms with Crippen molar-refractivity contribution in [3.05, 3.63) is 47.4 Å². The molecule has 146 valence electrons. The van der Waals surface area contributed by atoms with Crippen molar-refractivity contribution in [2.75, 3.05) is 11.9 Å². The Hall–Kier alpha value is -3.00. The van der Waals surface area contributed by atoms with E-state index in [0.717, 1.165) is 37.1 Å². The van der Waals surface area contributed by atoms with Gasteiger partial charge in [-0.3, -0.25) is 20.3 Å². The minimum atomic E-state index is -0.340. The van der Waals surface area contributed by atoms with Crippen LogP contribution in [0, 0.1) is 5.92 Å². The van der Waals surface area contributed by atoms with Gasteiger partial charge in [-0.15, -0.1) is 5.10 Å². The molecule has 28 heavy (non-hydrogen) atoms. The monoisotopic (exact) mass is 380 g/mol. The Balaban J connectivity index is 1.41. The van der Waals surface area contributed by atoms with E-state index >= 15 is 0 Å². The molecule has 3 aromatic rings. The van der Waals surface area contributed by atoms with Crippen molar-refractivity contribution in [1.29, 1.82) is 0 Å². The van der Waals surface area contributed by atoms with Crippen molar-refractivity contribution in [3.8, 4) is 11.3 Å². The zero-order valence-corrected chi connectivity index (χ0v) is 16.0. The van der Waals surface area contributed by atoms with Gasteiger partial charge >= 0.3 is 0 Å². The molecule has 2 aromatic heterocycles. The van der Waals surface area contributed by atoms with Crippen LogP contribution < -0.4 is 5.32 Å². The molecule has 1 aromatic carbocycles. The first-order valence-electron chi connectivity index (χ1n) is 9.58. The standard InChI is InChI=1S/C20H24N6O2/c1-12(2)10-13-5-7-14(8-6-13)15-11-16(24-23-15)19(27)22-20-21-18(25-26-20)17-4-3-9-28-17/h5-8,11-12,17H,3-4,9-10H2,1-2H3,(H,23,24)(H2,21,22,25,26,27)/t17-/m0/s1. The quantitative estimate of drug-likeness (QED) is 0.606. The molecule has 1 atom stereocenters. The van der Waals surface area contributed by atoms with Gasteiger partial charge in [-0.1, -0.05) is 38.1 Å². The Morgan fingerprint density at radius 2 is 2.07 bits per heavy atom. The summed E-state index contributed by atoms with van der Waals surface area (Å²) >= 11 is 0. The SMILES string of the molecule is CC(C)Cc1ccc(-c2cc(C(=O)Nc3n[nH]c([C@@H]4CCCO4)n3)[nH]n2)cc1. The molecule has 0 spiro atoms. The van der Waals surface area contributed by atoms with Gasteiger partial charge in [0.1, 0.15) is 11.8 Å². The molecular weight excluding hydrogens is 356 g/mol. The van der Waals surface area contributed by atoms with E-state index in [1.54, 1.807) is 6.07 Å². The summed E-state index contributed by atoms with van der Waals surface area (Å²) in [6, 6.07) is 9.98. The summed E-state index contributed by atoms with van der Waals surface area (Å²) in [5.41, 5.74) is 3.32. The predicted molar refractivity (Wildman–Crippen MR) is 105 cm³/mol. The van der Waals surface area contributed by atoms with E-state index in [1.807, 2.05) is 12.1 Å². The van der Waals surface area contributed by atoms with Crippen molar-refractivity contribution >= 4 is 11.9 Å². The molecule has 0 bridgehead atoms. The van der Waals surface area contributed by atoms with E-state index in [1.165, 1.54) is 5.56 Å². The van der Waals surface area contributed by atoms with Crippen molar-refractivity contribution in [3.63, 3.8) is 0 Å². The molecule has 1 saturated heterocycles. The number of hydrogen-bond acceptors (Lipinski definition) is 5. The molecule has 1 aliphatic heterocycles. The van der Waals surface area contributed by atoms with Crippen LogP contribution in [-0.4, -0.2) is 37.9 Å². The average Bonchev–Trinajstić information content (AvgIpc) is 3.43. The molecule has 3 heterocycles. The van der Waals surface area contributed by atoms with Gasteiger partial charge in [0.05, 0.1) is 5.69 Å². The average molecular weight is 380 g/mol. The van der Waals surface area contributed by atoms with Crippen LogP contribution in [0.5, 0.6) is 0 Å². The number of carbonyl (C=O) groups excluding carboxylic acids is 1. The van der Waals surface area contributed by atoms with Crippen molar-refractivity contribution in [2.45, 2.75) is 39.2 Å². The number of nitrogens with zero attached hydrogens (tertiary/aromatic N) is 3. The lowest BCUT2D eigenvalue weighted by atomic mass is 10.0. The number of rotatable bonds is 6. The third-order valence-corrected chi connectivity index (χ3v) is 4.68. The first-order valence-corrected chi connectivity index (χ1v) is 9.58. The molecule has 0 saturated carbocycles. The van der Waals surface area contributed by atoms with Crippen LogP contribution in [-0.2, 0) is 11.2 Å². The summed E-state index contributed by atoms with van der Waals surface area (Å²) in [6.45, 7) is 5.12. The molecule has 0 radical (unpaired) electrons. The largest absolute Gasteiger partial charge is 0.370 e. The maximum atomic E-state index is 12.5. The molecular formula is C20H24N6O2. The summed E-state index contributed by atoms with van der Waals surface area (Å²) in [4.78, 5) is 16.8. The normalized spacial score (nSPS) is 16.6. The summed E-state index contributed by atoms with van der Waals surface area (Å²) < 4.78 is 5.56. The highest BCUT2D eigenvalue weighted by Gasteiger charge is 2.22. The van der Waals surface area contributed by atoms with E-state index in [4.69, 9.17) is 4.74 Å². The number of aromatic amines is 2. The number of H-pyrrole nitrogens is 2. The zero-order valence-electron chi connectivity index (χ0n) is 16.0. The Labute approximate surface area is 163 Å². The van der Waals surface area contributed by atoms with Gasteiger partial charge in [-0.2, -0.15) is 10.1 Å². The Kier molecular flexibility index (Phi) is 5.21. The molecule has 1 fully saturated rings. The lowest BCUT2D eigenvalue weighted by molar-refractivity contribution is 0.101. The molecule has 1 amide bonds. The van der Waals surface area contributed by atoms with Crippen LogP contribution in [0.15, 0.2) is 30.3 Å². The smallest absolute Gasteiger partial charge is 0.276 e. The third kappa shape index (κ3) is 4.12. The highest BCUT2D eigenvalue weighted by Crippen LogP contribution is 2.26. The van der Waals surface area contributed by atoms with Gasteiger partial charge in [0.25, 0.3) is 5.91 Å². The second-order valence-electron chi connectivity index (χ2n) is 7.46. The summed E-state index contributed by atoms with van der Waals surface area (Å²) in [5, 5.41) is 16.6. The van der Waals surface area contributed by atoms with Crippen LogP contribution in [0.1, 0.15) is 54.7 Å². The fraction of sp³-hybridized carbons (Fsp3) is 0.400. The van der Waals surface area contributed by atoms with Gasteiger partial charge < -0.3 is 4.74 Å². The van der Waals surface area contributed by atoms with Crippen LogP contribution in [0.3, 0.4) is 0 Å². The van der Waals surface area contributed by atoms with Crippen LogP contribution in [0.25, 0.3) is 11.3 Å². The first kappa shape index (κ1) is 18.4. The predicted octanol–water partition coefficient (Wildman–Crippen LogP) is 3.50. The topological polar surface area (TPSA) is 109 Å². The second kappa shape index (κ2) is 7.93. The zero-order chi connectivity index (χ0) is 19.5. The van der Waals surface area contributed by atoms with E-state index in [-0.39, 0.29) is 18.0 Å². The third-order valence-electron chi connectivity index (χ3n) is 4.68. The van der Waals surface area contributed by atoms with Crippen LogP contribution in [0.4, 0.5) is 5.95 Å². The van der Waals surface area contributed by atoms with Gasteiger partial charge in [0.15, 0.2) is 5.82 Å². The lowest BCUT2D eigenvalue weighted by Gasteiger charge is -2.05. The number of nitrogens with one attached hydrogen (secondary N) is 3. The highest BCUT2D eigenvalue weighted by molar-refractivity contribution is 6.02. The number of anilines is 1. The van der Waals surface area contributed by atoms with Gasteiger partial charge in [-0.25, -0.2) is 0 Å². The Bertz CT molecular complexity index is 938. The highest BCUT2D eigenvalue weighted by atomic mass is 16.5. The lowest BCUT2D eigenvalue weighted by Crippen LogP contribution is -2.13. The molecule has 8 nitrogen and oxygen atoms in total. The minimum absolute atomic E-state index is 0.0735. The number of carbonyl (C=O) groups is 1. The van der Waals surface area contributed by atoms with E-state index in [9.17, 15) is 4.79 Å². The number of hydrogen-bond donors (Lipinski definition) is 3. The van der Waals surface area contributed by atoms with Gasteiger partial charge in [0, 0.05) is 12.2 Å². The number of ether oxygens (including phenoxy) is 1. The number of benzene rings is 1. The van der Waals surface area contributed by atoms with Crippen LogP contribution >= 0.6 is 0 Å². The number of amides is 1. The Morgan fingerprint density at radius 1 is 1.25 bits per heavy atom. The van der Waals surface area contributed by atoms with E-state index in [2.05, 4.69) is 56.7 Å². The fourth-order valence-electron chi connectivity index (χ4n) is 3.31. The summed E-state index contributed by atoms with van der Waals surface area (Å²) in [6.07, 6.45) is 2.87. The minimum Gasteiger partial charge on any atom is -0.370 e. The Morgan fingerprint density at radius 3 is 2.79 bits per heavy atom. The van der Waals surface area contributed by atoms with Crippen LogP contribution in [0.2, 0.25) is 0 Å². The molecule has 1 aliphatic rings. The number of aromatic nitrogens is 5. The molecule has 4 rings (SSSR count). The van der Waals surface area contributed by atoms with Gasteiger partial charge in [-0.05, 0) is 36.8 Å². The van der Waals surface area contributed by atoms with Gasteiger partial charge in [0.2, 0.25) is 5.95 Å². The van der Waals surface area contributed by atoms with Crippen molar-refractivity contribution in [1.82, 2.24) is 25.4 Å². The first-order chi connectivity index (χ1) is 13.6. The van der Waals surface area contributed by atoms with E-state index < -0.39 is 0 Å². The maximum absolute atomic E-state index is 12.5. The summed E-state index contributed by atoms with van der Waals surface area (Å²) in [7, 11) is 0.